The van der Waals surface area contributed by atoms with Gasteiger partial charge in [0.25, 0.3) is 0 Å². The van der Waals surface area contributed by atoms with Crippen LogP contribution in [0, 0.1) is 0 Å². The smallest absolute Gasteiger partial charge is 0.338 e. The number of carbonyl (C=O) groups excluding carboxylic acids is 1. The van der Waals surface area contributed by atoms with E-state index in [1.165, 1.54) is 6.42 Å². The molecule has 0 radical (unpaired) electrons. The normalized spacial score (nSPS) is 19.7. The molecule has 4 rings (SSSR count). The molecule has 1 N–H and O–H groups in total. The third kappa shape index (κ3) is 3.46. The van der Waals surface area contributed by atoms with Gasteiger partial charge in [0.15, 0.2) is 0 Å². The summed E-state index contributed by atoms with van der Waals surface area (Å²) in [7, 11) is 0. The minimum absolute atomic E-state index is 0.0281. The first kappa shape index (κ1) is 18.5. The summed E-state index contributed by atoms with van der Waals surface area (Å²) < 4.78 is 13.3. The van der Waals surface area contributed by atoms with Crippen LogP contribution in [0.4, 0.5) is 5.95 Å². The number of nitrogens with one attached hydrogen (secondary N) is 1. The molecule has 0 spiro atoms. The zero-order chi connectivity index (χ0) is 19.5. The van der Waals surface area contributed by atoms with E-state index >= 15 is 0 Å². The summed E-state index contributed by atoms with van der Waals surface area (Å²) in [5.74, 6) is 0.867. The molecule has 1 atom stereocenters. The van der Waals surface area contributed by atoms with Gasteiger partial charge in [-0.05, 0) is 56.0 Å². The molecule has 1 saturated carbocycles. The van der Waals surface area contributed by atoms with Crippen LogP contribution in [0.15, 0.2) is 35.5 Å². The lowest BCUT2D eigenvalue weighted by molar-refractivity contribution is -0.146. The Kier molecular flexibility index (Phi) is 5.27. The number of ether oxygens (including phenoxy) is 2. The van der Waals surface area contributed by atoms with E-state index in [2.05, 4.69) is 20.8 Å². The number of benzene rings is 1. The standard InChI is InChI=1S/C20H25N5O3/c1-3-27-16-12-8-7-11-15(16)18-17(13(2)21-20-22-23-24-25(18)20)19(26)28-14-9-5-4-6-10-14/h7-8,11-12,14,18H,3-6,9-10H2,1-2H3,(H,21,22,24)/t18-/m1/s1. The van der Waals surface area contributed by atoms with Gasteiger partial charge >= 0.3 is 5.97 Å². The average Bonchev–Trinajstić information content (AvgIpc) is 3.16. The van der Waals surface area contributed by atoms with Crippen molar-refractivity contribution >= 4 is 11.9 Å². The Morgan fingerprint density at radius 3 is 2.82 bits per heavy atom. The fourth-order valence-electron chi connectivity index (χ4n) is 3.96. The Hall–Kier alpha value is -2.90. The average molecular weight is 383 g/mol. The maximum absolute atomic E-state index is 13.2. The number of tetrazole rings is 1. The summed E-state index contributed by atoms with van der Waals surface area (Å²) in [6, 6.07) is 7.15. The molecule has 0 unspecified atom stereocenters. The van der Waals surface area contributed by atoms with Crippen LogP contribution in [-0.4, -0.2) is 38.9 Å². The lowest BCUT2D eigenvalue weighted by Crippen LogP contribution is -2.32. The summed E-state index contributed by atoms with van der Waals surface area (Å²) in [5, 5.41) is 15.1. The minimum Gasteiger partial charge on any atom is -0.494 e. The van der Waals surface area contributed by atoms with Crippen LogP contribution in [0.2, 0.25) is 0 Å². The van der Waals surface area contributed by atoms with Crippen molar-refractivity contribution in [2.45, 2.75) is 58.1 Å². The van der Waals surface area contributed by atoms with Crippen LogP contribution in [0.5, 0.6) is 5.75 Å². The molecular formula is C20H25N5O3. The summed E-state index contributed by atoms with van der Waals surface area (Å²) >= 11 is 0. The third-order valence-corrected chi connectivity index (χ3v) is 5.27. The molecule has 1 aliphatic carbocycles. The first-order valence-corrected chi connectivity index (χ1v) is 9.87. The summed E-state index contributed by atoms with van der Waals surface area (Å²) in [6.07, 6.45) is 5.21. The molecule has 1 aliphatic heterocycles. The van der Waals surface area contributed by atoms with Crippen LogP contribution in [0.1, 0.15) is 57.6 Å². The maximum Gasteiger partial charge on any atom is 0.338 e. The van der Waals surface area contributed by atoms with E-state index in [-0.39, 0.29) is 12.1 Å². The minimum atomic E-state index is -0.509. The van der Waals surface area contributed by atoms with Crippen molar-refractivity contribution in [1.29, 1.82) is 0 Å². The van der Waals surface area contributed by atoms with Crippen LogP contribution in [0.25, 0.3) is 0 Å². The first-order chi connectivity index (χ1) is 13.7. The number of nitrogens with zero attached hydrogens (tertiary/aromatic N) is 4. The first-order valence-electron chi connectivity index (χ1n) is 9.87. The highest BCUT2D eigenvalue weighted by atomic mass is 16.5. The number of allylic oxidation sites excluding steroid dienone is 1. The van der Waals surface area contributed by atoms with Gasteiger partial charge in [-0.15, -0.1) is 0 Å². The Bertz CT molecular complexity index is 885. The Balaban J connectivity index is 1.73. The van der Waals surface area contributed by atoms with Gasteiger partial charge in [0.1, 0.15) is 17.9 Å². The van der Waals surface area contributed by atoms with Crippen molar-refractivity contribution in [3.05, 3.63) is 41.1 Å². The monoisotopic (exact) mass is 383 g/mol. The zero-order valence-corrected chi connectivity index (χ0v) is 16.2. The second kappa shape index (κ2) is 8.00. The summed E-state index contributed by atoms with van der Waals surface area (Å²) in [5.41, 5.74) is 2.03. The van der Waals surface area contributed by atoms with Crippen LogP contribution >= 0.6 is 0 Å². The van der Waals surface area contributed by atoms with Crippen LogP contribution in [-0.2, 0) is 9.53 Å². The van der Waals surface area contributed by atoms with E-state index in [0.29, 0.717) is 29.6 Å². The second-order valence-corrected chi connectivity index (χ2v) is 7.15. The lowest BCUT2D eigenvalue weighted by Gasteiger charge is -2.30. The molecule has 0 saturated heterocycles. The molecule has 8 nitrogen and oxygen atoms in total. The zero-order valence-electron chi connectivity index (χ0n) is 16.2. The predicted octanol–water partition coefficient (Wildman–Crippen LogP) is 3.24. The van der Waals surface area contributed by atoms with Gasteiger partial charge in [-0.2, -0.15) is 4.68 Å². The van der Waals surface area contributed by atoms with E-state index in [4.69, 9.17) is 9.47 Å². The topological polar surface area (TPSA) is 91.2 Å². The van der Waals surface area contributed by atoms with Crippen LogP contribution < -0.4 is 10.1 Å². The van der Waals surface area contributed by atoms with E-state index < -0.39 is 6.04 Å². The number of hydrogen-bond acceptors (Lipinski definition) is 7. The van der Waals surface area contributed by atoms with Crippen molar-refractivity contribution in [2.24, 2.45) is 0 Å². The number of para-hydroxylation sites is 1. The highest BCUT2D eigenvalue weighted by molar-refractivity contribution is 5.92. The number of aromatic nitrogens is 4. The van der Waals surface area contributed by atoms with Crippen molar-refractivity contribution in [1.82, 2.24) is 20.2 Å². The number of fused-ring (bicyclic) bond motifs is 1. The molecule has 2 aliphatic rings. The third-order valence-electron chi connectivity index (χ3n) is 5.27. The SMILES string of the molecule is CCOc1ccccc1[C@@H]1C(C(=O)OC2CCCCC2)=C(C)Nc2nnnn21. The van der Waals surface area contributed by atoms with Crippen molar-refractivity contribution in [3.8, 4) is 5.75 Å². The van der Waals surface area contributed by atoms with E-state index in [1.807, 2.05) is 38.1 Å². The summed E-state index contributed by atoms with van der Waals surface area (Å²) in [4.78, 5) is 13.2. The fourth-order valence-corrected chi connectivity index (χ4v) is 3.96. The Morgan fingerprint density at radius 2 is 2.04 bits per heavy atom. The Morgan fingerprint density at radius 1 is 1.25 bits per heavy atom. The van der Waals surface area contributed by atoms with Gasteiger partial charge < -0.3 is 14.8 Å². The predicted molar refractivity (Wildman–Crippen MR) is 103 cm³/mol. The van der Waals surface area contributed by atoms with Crippen LogP contribution in [0.3, 0.4) is 0 Å². The van der Waals surface area contributed by atoms with Gasteiger partial charge in [0.2, 0.25) is 5.95 Å². The molecule has 0 bridgehead atoms. The van der Waals surface area contributed by atoms with E-state index in [0.717, 1.165) is 31.2 Å². The highest BCUT2D eigenvalue weighted by Gasteiger charge is 2.37. The summed E-state index contributed by atoms with van der Waals surface area (Å²) in [6.45, 7) is 4.31. The molecule has 2 aromatic rings. The fraction of sp³-hybridized carbons (Fsp3) is 0.500. The molecule has 148 valence electrons. The van der Waals surface area contributed by atoms with E-state index in [9.17, 15) is 4.79 Å². The molecular weight excluding hydrogens is 358 g/mol. The maximum atomic E-state index is 13.2. The quantitative estimate of drug-likeness (QED) is 0.793. The lowest BCUT2D eigenvalue weighted by atomic mass is 9.94. The van der Waals surface area contributed by atoms with Gasteiger partial charge in [-0.1, -0.05) is 29.7 Å². The highest BCUT2D eigenvalue weighted by Crippen LogP contribution is 2.39. The van der Waals surface area contributed by atoms with Gasteiger partial charge in [-0.25, -0.2) is 4.79 Å². The number of rotatable bonds is 5. The molecule has 28 heavy (non-hydrogen) atoms. The number of esters is 1. The largest absolute Gasteiger partial charge is 0.494 e. The van der Waals surface area contributed by atoms with Crippen molar-refractivity contribution < 1.29 is 14.3 Å². The van der Waals surface area contributed by atoms with E-state index in [1.54, 1.807) is 4.68 Å². The molecule has 1 fully saturated rings. The second-order valence-electron chi connectivity index (χ2n) is 7.15. The number of anilines is 1. The molecule has 8 heteroatoms. The van der Waals surface area contributed by atoms with Gasteiger partial charge in [0, 0.05) is 11.3 Å². The van der Waals surface area contributed by atoms with Crippen molar-refractivity contribution in [3.63, 3.8) is 0 Å². The number of hydrogen-bond donors (Lipinski definition) is 1. The van der Waals surface area contributed by atoms with Crippen molar-refractivity contribution in [2.75, 3.05) is 11.9 Å². The molecule has 2 heterocycles. The Labute approximate surface area is 163 Å². The van der Waals surface area contributed by atoms with Gasteiger partial charge in [-0.3, -0.25) is 0 Å². The molecule has 0 amide bonds. The molecule has 1 aromatic carbocycles. The molecule has 1 aromatic heterocycles. The number of carbonyl (C=O) groups is 1. The van der Waals surface area contributed by atoms with Gasteiger partial charge in [0.05, 0.1) is 12.2 Å².